The fraction of sp³-hybridized carbons (Fsp3) is 0. The molecule has 6 heteroatoms. The van der Waals surface area contributed by atoms with Gasteiger partial charge < -0.3 is 4.52 Å². The van der Waals surface area contributed by atoms with E-state index in [1.807, 2.05) is 24.3 Å². The molecule has 0 unspecified atom stereocenters. The van der Waals surface area contributed by atoms with Gasteiger partial charge in [0.05, 0.1) is 0 Å². The molecule has 0 heterocycles. The van der Waals surface area contributed by atoms with Crippen molar-refractivity contribution in [1.29, 1.82) is 0 Å². The van der Waals surface area contributed by atoms with Crippen molar-refractivity contribution in [3.63, 3.8) is 0 Å². The molecule has 0 aliphatic heterocycles. The van der Waals surface area contributed by atoms with Crippen LogP contribution in [0.15, 0.2) is 42.5 Å². The number of phosphoric acid groups is 1. The molecule has 0 atom stereocenters. The van der Waals surface area contributed by atoms with Gasteiger partial charge in [0.25, 0.3) is 0 Å². The van der Waals surface area contributed by atoms with Crippen molar-refractivity contribution in [3.8, 4) is 5.75 Å². The van der Waals surface area contributed by atoms with Crippen molar-refractivity contribution in [2.45, 2.75) is 0 Å². The topological polar surface area (TPSA) is 66.8 Å². The maximum absolute atomic E-state index is 10.6. The van der Waals surface area contributed by atoms with Crippen LogP contribution in [-0.2, 0) is 4.57 Å². The van der Waals surface area contributed by atoms with E-state index in [4.69, 9.17) is 9.79 Å². The van der Waals surface area contributed by atoms with Crippen LogP contribution in [-0.4, -0.2) is 47.5 Å². The fourth-order valence-electron chi connectivity index (χ4n) is 1.36. The van der Waals surface area contributed by atoms with Gasteiger partial charge in [-0.05, 0) is 22.9 Å². The summed E-state index contributed by atoms with van der Waals surface area (Å²) in [5.41, 5.74) is 0. The number of hydrogen-bond donors (Lipinski definition) is 2. The fourth-order valence-corrected chi connectivity index (χ4v) is 1.75. The summed E-state index contributed by atoms with van der Waals surface area (Å²) in [5.74, 6) is 0.169. The van der Waals surface area contributed by atoms with E-state index in [1.54, 1.807) is 12.1 Å². The van der Waals surface area contributed by atoms with Crippen LogP contribution in [0.3, 0.4) is 0 Å². The van der Waals surface area contributed by atoms with Gasteiger partial charge in [-0.15, -0.1) is 0 Å². The van der Waals surface area contributed by atoms with Gasteiger partial charge in [0.2, 0.25) is 0 Å². The second-order valence-electron chi connectivity index (χ2n) is 3.09. The summed E-state index contributed by atoms with van der Waals surface area (Å²) in [6.07, 6.45) is 0. The Morgan fingerprint density at radius 3 is 2.25 bits per heavy atom. The Bertz CT molecular complexity index is 537. The molecule has 2 rings (SSSR count). The molecule has 2 aromatic rings. The normalized spacial score (nSPS) is 10.9. The largest absolute Gasteiger partial charge is 0.524 e. The zero-order chi connectivity index (χ0) is 10.9. The van der Waals surface area contributed by atoms with Crippen molar-refractivity contribution in [3.05, 3.63) is 42.5 Å². The third-order valence-electron chi connectivity index (χ3n) is 1.95. The van der Waals surface area contributed by atoms with Crippen molar-refractivity contribution >= 4 is 56.3 Å². The van der Waals surface area contributed by atoms with E-state index in [1.165, 1.54) is 6.07 Å². The van der Waals surface area contributed by atoms with Crippen LogP contribution in [0.2, 0.25) is 0 Å². The van der Waals surface area contributed by atoms with Crippen LogP contribution < -0.4 is 4.52 Å². The van der Waals surface area contributed by atoms with E-state index in [0.29, 0.717) is 0 Å². The summed E-state index contributed by atoms with van der Waals surface area (Å²) in [4.78, 5) is 17.3. The van der Waals surface area contributed by atoms with Crippen LogP contribution in [0.5, 0.6) is 5.75 Å². The van der Waals surface area contributed by atoms with Gasteiger partial charge in [-0.3, -0.25) is 9.79 Å². The van der Waals surface area contributed by atoms with E-state index in [0.717, 1.165) is 10.8 Å². The molecule has 80 valence electrons. The zero-order valence-electron chi connectivity index (χ0n) is 8.41. The summed E-state index contributed by atoms with van der Waals surface area (Å²) >= 11 is 0. The minimum atomic E-state index is -4.47. The first-order valence-electron chi connectivity index (χ1n) is 4.28. The van der Waals surface area contributed by atoms with Gasteiger partial charge in [0.15, 0.2) is 0 Å². The Balaban J connectivity index is 0.00000128. The molecule has 2 aromatic carbocycles. The summed E-state index contributed by atoms with van der Waals surface area (Å²) in [6.45, 7) is 0. The Labute approximate surface area is 122 Å². The number of rotatable bonds is 2. The minimum Gasteiger partial charge on any atom is -0.404 e. The summed E-state index contributed by atoms with van der Waals surface area (Å²) in [6, 6.07) is 12.4. The molecule has 0 bridgehead atoms. The van der Waals surface area contributed by atoms with Gasteiger partial charge in [-0.25, -0.2) is 4.57 Å². The molecule has 0 aromatic heterocycles. The summed E-state index contributed by atoms with van der Waals surface area (Å²) in [5, 5.41) is 1.87. The van der Waals surface area contributed by atoms with Crippen LogP contribution in [0.25, 0.3) is 10.8 Å². The second-order valence-corrected chi connectivity index (χ2v) is 4.25. The number of phosphoric ester groups is 1. The van der Waals surface area contributed by atoms with Crippen LogP contribution >= 0.6 is 7.82 Å². The molecule has 0 saturated carbocycles. The molecular formula is C10H9CaO4P. The Hall–Kier alpha value is -0.0903. The molecule has 0 saturated heterocycles. The zero-order valence-corrected chi connectivity index (χ0v) is 11.5. The maximum Gasteiger partial charge on any atom is 0.524 e. The third kappa shape index (κ3) is 3.74. The number of fused-ring (bicyclic) bond motifs is 1. The first-order chi connectivity index (χ1) is 7.04. The van der Waals surface area contributed by atoms with Crippen LogP contribution in [0, 0.1) is 0 Å². The van der Waals surface area contributed by atoms with Crippen molar-refractivity contribution in [2.75, 3.05) is 0 Å². The Kier molecular flexibility index (Phi) is 4.80. The standard InChI is InChI=1S/C10H9O4P.Ca/c11-15(12,13)14-10-6-5-8-3-1-2-4-9(8)7-10;/h1-7H,(H2,11,12,13);. The molecule has 4 nitrogen and oxygen atoms in total. The van der Waals surface area contributed by atoms with E-state index >= 15 is 0 Å². The molecule has 0 amide bonds. The van der Waals surface area contributed by atoms with Crippen LogP contribution in [0.4, 0.5) is 0 Å². The second kappa shape index (κ2) is 5.50. The van der Waals surface area contributed by atoms with E-state index < -0.39 is 7.82 Å². The third-order valence-corrected chi connectivity index (χ3v) is 2.39. The monoisotopic (exact) mass is 264 g/mol. The molecule has 0 aliphatic rings. The molecule has 0 aliphatic carbocycles. The van der Waals surface area contributed by atoms with Gasteiger partial charge in [-0.1, -0.05) is 30.3 Å². The first-order valence-corrected chi connectivity index (χ1v) is 5.81. The molecule has 2 radical (unpaired) electrons. The summed E-state index contributed by atoms with van der Waals surface area (Å²) in [7, 11) is -4.47. The van der Waals surface area contributed by atoms with Gasteiger partial charge in [0.1, 0.15) is 5.75 Å². The van der Waals surface area contributed by atoms with Crippen molar-refractivity contribution in [1.82, 2.24) is 0 Å². The average molecular weight is 264 g/mol. The molecule has 0 spiro atoms. The number of benzene rings is 2. The predicted molar refractivity (Wildman–Crippen MR) is 62.4 cm³/mol. The van der Waals surface area contributed by atoms with Crippen LogP contribution in [0.1, 0.15) is 0 Å². The Morgan fingerprint density at radius 1 is 1.00 bits per heavy atom. The van der Waals surface area contributed by atoms with E-state index in [9.17, 15) is 4.57 Å². The van der Waals surface area contributed by atoms with E-state index in [2.05, 4.69) is 4.52 Å². The maximum atomic E-state index is 10.6. The first kappa shape index (κ1) is 14.0. The molecule has 16 heavy (non-hydrogen) atoms. The van der Waals surface area contributed by atoms with E-state index in [-0.39, 0.29) is 43.5 Å². The van der Waals surface area contributed by atoms with Gasteiger partial charge >= 0.3 is 7.82 Å². The molecule has 0 fully saturated rings. The van der Waals surface area contributed by atoms with Crippen molar-refractivity contribution < 1.29 is 18.9 Å². The molecule has 2 N–H and O–H groups in total. The Morgan fingerprint density at radius 2 is 1.62 bits per heavy atom. The van der Waals surface area contributed by atoms with Gasteiger partial charge in [0, 0.05) is 37.7 Å². The predicted octanol–water partition coefficient (Wildman–Crippen LogP) is 1.93. The minimum absolute atomic E-state index is 0. The van der Waals surface area contributed by atoms with Crippen molar-refractivity contribution in [2.24, 2.45) is 0 Å². The quantitative estimate of drug-likeness (QED) is 0.642. The summed E-state index contributed by atoms with van der Waals surface area (Å²) < 4.78 is 15.1. The smallest absolute Gasteiger partial charge is 0.404 e. The SMILES string of the molecule is O=P(O)(O)Oc1ccc2ccccc2c1.[Ca]. The molecular weight excluding hydrogens is 255 g/mol. The number of hydrogen-bond acceptors (Lipinski definition) is 2. The average Bonchev–Trinajstić information content (AvgIpc) is 2.15. The van der Waals surface area contributed by atoms with Gasteiger partial charge in [-0.2, -0.15) is 0 Å².